The molecule has 1 fully saturated rings. The van der Waals surface area contributed by atoms with Crippen molar-refractivity contribution in [2.24, 2.45) is 5.92 Å². The smallest absolute Gasteiger partial charge is 0.302 e. The molecule has 1 aliphatic carbocycles. The quantitative estimate of drug-likeness (QED) is 0.528. The summed E-state index contributed by atoms with van der Waals surface area (Å²) in [7, 11) is 0. The lowest BCUT2D eigenvalue weighted by atomic mass is 9.85. The van der Waals surface area contributed by atoms with E-state index in [9.17, 15) is 9.59 Å². The van der Waals surface area contributed by atoms with Gasteiger partial charge in [-0.15, -0.1) is 0 Å². The summed E-state index contributed by atoms with van der Waals surface area (Å²) >= 11 is 0. The average molecular weight is 142 g/mol. The SMILES string of the molecule is CC(=O)OCC1CCC1=O. The van der Waals surface area contributed by atoms with Gasteiger partial charge in [0.25, 0.3) is 0 Å². The molecule has 1 saturated carbocycles. The van der Waals surface area contributed by atoms with E-state index in [1.54, 1.807) is 0 Å². The van der Waals surface area contributed by atoms with E-state index in [-0.39, 0.29) is 24.3 Å². The molecular weight excluding hydrogens is 132 g/mol. The molecule has 0 N–H and O–H groups in total. The molecule has 0 aromatic carbocycles. The summed E-state index contributed by atoms with van der Waals surface area (Å²) in [6.45, 7) is 1.64. The van der Waals surface area contributed by atoms with E-state index in [2.05, 4.69) is 4.74 Å². The number of ketones is 1. The van der Waals surface area contributed by atoms with Gasteiger partial charge in [-0.3, -0.25) is 9.59 Å². The number of carbonyl (C=O) groups is 2. The van der Waals surface area contributed by atoms with Crippen LogP contribution in [0.1, 0.15) is 19.8 Å². The van der Waals surface area contributed by atoms with Gasteiger partial charge in [-0.25, -0.2) is 0 Å². The average Bonchev–Trinajstić information content (AvgIpc) is 1.84. The number of hydrogen-bond donors (Lipinski definition) is 0. The van der Waals surface area contributed by atoms with Crippen molar-refractivity contribution in [3.05, 3.63) is 0 Å². The minimum Gasteiger partial charge on any atom is -0.465 e. The maximum absolute atomic E-state index is 10.7. The zero-order valence-corrected chi connectivity index (χ0v) is 5.92. The van der Waals surface area contributed by atoms with Crippen LogP contribution in [0.2, 0.25) is 0 Å². The molecule has 0 bridgehead atoms. The molecule has 10 heavy (non-hydrogen) atoms. The second kappa shape index (κ2) is 2.82. The Hall–Kier alpha value is -0.860. The molecule has 0 aliphatic heterocycles. The van der Waals surface area contributed by atoms with E-state index >= 15 is 0 Å². The normalized spacial score (nSPS) is 23.7. The maximum Gasteiger partial charge on any atom is 0.302 e. The van der Waals surface area contributed by atoms with Crippen LogP contribution in [0.4, 0.5) is 0 Å². The summed E-state index contributed by atoms with van der Waals surface area (Å²) in [5.74, 6) is -0.0788. The lowest BCUT2D eigenvalue weighted by Gasteiger charge is -2.22. The summed E-state index contributed by atoms with van der Waals surface area (Å²) in [6, 6.07) is 0. The highest BCUT2D eigenvalue weighted by molar-refractivity contribution is 5.86. The third-order valence-electron chi connectivity index (χ3n) is 1.68. The summed E-state index contributed by atoms with van der Waals surface area (Å²) in [5.41, 5.74) is 0. The minimum atomic E-state index is -0.306. The van der Waals surface area contributed by atoms with Crippen LogP contribution in [0.5, 0.6) is 0 Å². The van der Waals surface area contributed by atoms with Gasteiger partial charge < -0.3 is 4.74 Å². The van der Waals surface area contributed by atoms with Crippen molar-refractivity contribution < 1.29 is 14.3 Å². The van der Waals surface area contributed by atoms with E-state index in [0.717, 1.165) is 6.42 Å². The Morgan fingerprint density at radius 2 is 2.50 bits per heavy atom. The van der Waals surface area contributed by atoms with Gasteiger partial charge in [-0.1, -0.05) is 0 Å². The summed E-state index contributed by atoms with van der Waals surface area (Å²) in [4.78, 5) is 20.9. The molecule has 0 aromatic rings. The summed E-state index contributed by atoms with van der Waals surface area (Å²) in [6.07, 6.45) is 1.54. The van der Waals surface area contributed by atoms with E-state index < -0.39 is 0 Å². The van der Waals surface area contributed by atoms with Crippen LogP contribution < -0.4 is 0 Å². The van der Waals surface area contributed by atoms with Gasteiger partial charge in [0.15, 0.2) is 0 Å². The molecule has 0 amide bonds. The molecule has 56 valence electrons. The minimum absolute atomic E-state index is 0.00361. The second-order valence-corrected chi connectivity index (χ2v) is 2.50. The molecule has 0 radical (unpaired) electrons. The van der Waals surface area contributed by atoms with Crippen LogP contribution in [0.25, 0.3) is 0 Å². The number of ether oxygens (including phenoxy) is 1. The zero-order valence-electron chi connectivity index (χ0n) is 5.92. The first-order valence-electron chi connectivity index (χ1n) is 3.36. The first kappa shape index (κ1) is 7.25. The fourth-order valence-electron chi connectivity index (χ4n) is 0.861. The predicted molar refractivity (Wildman–Crippen MR) is 34.4 cm³/mol. The Morgan fingerprint density at radius 1 is 1.80 bits per heavy atom. The number of Topliss-reactive ketones (excluding diaryl/α,β-unsaturated/α-hetero) is 1. The van der Waals surface area contributed by atoms with Crippen LogP contribution in [-0.4, -0.2) is 18.4 Å². The number of rotatable bonds is 2. The van der Waals surface area contributed by atoms with Crippen molar-refractivity contribution >= 4 is 11.8 Å². The molecule has 1 aliphatic rings. The number of esters is 1. The van der Waals surface area contributed by atoms with Gasteiger partial charge in [0.1, 0.15) is 12.4 Å². The van der Waals surface area contributed by atoms with Crippen molar-refractivity contribution in [3.8, 4) is 0 Å². The third-order valence-corrected chi connectivity index (χ3v) is 1.68. The van der Waals surface area contributed by atoms with Crippen LogP contribution in [0.3, 0.4) is 0 Å². The van der Waals surface area contributed by atoms with Gasteiger partial charge in [-0.2, -0.15) is 0 Å². The van der Waals surface area contributed by atoms with Crippen LogP contribution in [0, 0.1) is 5.92 Å². The number of hydrogen-bond acceptors (Lipinski definition) is 3. The predicted octanol–water partition coefficient (Wildman–Crippen LogP) is 0.529. The molecule has 0 heterocycles. The largest absolute Gasteiger partial charge is 0.465 e. The highest BCUT2D eigenvalue weighted by Gasteiger charge is 2.28. The van der Waals surface area contributed by atoms with Crippen LogP contribution in [0.15, 0.2) is 0 Å². The first-order valence-corrected chi connectivity index (χ1v) is 3.36. The Morgan fingerprint density at radius 3 is 2.80 bits per heavy atom. The van der Waals surface area contributed by atoms with Gasteiger partial charge in [0, 0.05) is 13.3 Å². The standard InChI is InChI=1S/C7H10O3/c1-5(8)10-4-6-2-3-7(6)9/h6H,2-4H2,1H3. The van der Waals surface area contributed by atoms with Crippen molar-refractivity contribution in [1.82, 2.24) is 0 Å². The highest BCUT2D eigenvalue weighted by atomic mass is 16.5. The van der Waals surface area contributed by atoms with Gasteiger partial charge in [0.2, 0.25) is 0 Å². The van der Waals surface area contributed by atoms with E-state index in [0.29, 0.717) is 6.42 Å². The third kappa shape index (κ3) is 1.56. The fourth-order valence-corrected chi connectivity index (χ4v) is 0.861. The molecule has 1 rings (SSSR count). The monoisotopic (exact) mass is 142 g/mol. The summed E-state index contributed by atoms with van der Waals surface area (Å²) < 4.78 is 4.66. The van der Waals surface area contributed by atoms with Crippen molar-refractivity contribution in [2.45, 2.75) is 19.8 Å². The van der Waals surface area contributed by atoms with Crippen LogP contribution >= 0.6 is 0 Å². The van der Waals surface area contributed by atoms with E-state index in [1.165, 1.54) is 6.92 Å². The van der Waals surface area contributed by atoms with Gasteiger partial charge >= 0.3 is 5.97 Å². The molecular formula is C7H10O3. The second-order valence-electron chi connectivity index (χ2n) is 2.50. The molecule has 3 heteroatoms. The molecule has 3 nitrogen and oxygen atoms in total. The first-order chi connectivity index (χ1) is 4.70. The van der Waals surface area contributed by atoms with Crippen molar-refractivity contribution in [2.75, 3.05) is 6.61 Å². The topological polar surface area (TPSA) is 43.4 Å². The van der Waals surface area contributed by atoms with Gasteiger partial charge in [0.05, 0.1) is 5.92 Å². The maximum atomic E-state index is 10.7. The fraction of sp³-hybridized carbons (Fsp3) is 0.714. The lowest BCUT2D eigenvalue weighted by molar-refractivity contribution is -0.146. The molecule has 0 aromatic heterocycles. The Labute approximate surface area is 59.4 Å². The Kier molecular flexibility index (Phi) is 2.04. The van der Waals surface area contributed by atoms with E-state index in [1.807, 2.05) is 0 Å². The highest BCUT2D eigenvalue weighted by Crippen LogP contribution is 2.21. The van der Waals surface area contributed by atoms with E-state index in [4.69, 9.17) is 0 Å². The number of carbonyl (C=O) groups excluding carboxylic acids is 2. The Balaban J connectivity index is 2.14. The molecule has 1 atom stereocenters. The molecule has 1 unspecified atom stereocenters. The van der Waals surface area contributed by atoms with Crippen molar-refractivity contribution in [3.63, 3.8) is 0 Å². The van der Waals surface area contributed by atoms with Crippen molar-refractivity contribution in [1.29, 1.82) is 0 Å². The summed E-state index contributed by atoms with van der Waals surface area (Å²) in [5, 5.41) is 0. The van der Waals surface area contributed by atoms with Gasteiger partial charge in [-0.05, 0) is 6.42 Å². The Bertz CT molecular complexity index is 162. The molecule has 0 saturated heterocycles. The van der Waals surface area contributed by atoms with Crippen LogP contribution in [-0.2, 0) is 14.3 Å². The molecule has 0 spiro atoms. The zero-order chi connectivity index (χ0) is 7.56. The lowest BCUT2D eigenvalue weighted by Crippen LogP contribution is -2.30.